The molecule has 0 aliphatic rings. The van der Waals surface area contributed by atoms with Gasteiger partial charge in [0.15, 0.2) is 11.6 Å². The van der Waals surface area contributed by atoms with Gasteiger partial charge in [0.05, 0.1) is 14.2 Å². The van der Waals surface area contributed by atoms with Crippen LogP contribution in [0.25, 0.3) is 12.2 Å². The zero-order valence-corrected chi connectivity index (χ0v) is 16.9. The van der Waals surface area contributed by atoms with Gasteiger partial charge >= 0.3 is 0 Å². The quantitative estimate of drug-likeness (QED) is 0.372. The molecule has 30 heavy (non-hydrogen) atoms. The first kappa shape index (κ1) is 20.8. The van der Waals surface area contributed by atoms with E-state index in [1.807, 2.05) is 48.5 Å². The van der Waals surface area contributed by atoms with Gasteiger partial charge < -0.3 is 9.47 Å². The number of ether oxygens (including phenoxy) is 2. The Hall–Kier alpha value is -3.92. The van der Waals surface area contributed by atoms with Crippen molar-refractivity contribution < 1.29 is 19.1 Å². The number of rotatable bonds is 8. The molecule has 0 N–H and O–H groups in total. The van der Waals surface area contributed by atoms with Crippen LogP contribution in [0, 0.1) is 0 Å². The maximum Gasteiger partial charge on any atom is 0.185 e. The number of carbonyl (C=O) groups excluding carboxylic acids is 2. The first-order valence-electron chi connectivity index (χ1n) is 9.43. The molecule has 0 heterocycles. The van der Waals surface area contributed by atoms with Crippen LogP contribution in [0.5, 0.6) is 11.5 Å². The van der Waals surface area contributed by atoms with E-state index in [0.717, 1.165) is 11.1 Å². The van der Waals surface area contributed by atoms with Crippen LogP contribution in [0.2, 0.25) is 0 Å². The van der Waals surface area contributed by atoms with Crippen molar-refractivity contribution in [2.24, 2.45) is 0 Å². The Morgan fingerprint density at radius 3 is 1.33 bits per heavy atom. The summed E-state index contributed by atoms with van der Waals surface area (Å²) in [6.07, 6.45) is 6.43. The van der Waals surface area contributed by atoms with Gasteiger partial charge in [0.25, 0.3) is 0 Å². The molecule has 3 aromatic rings. The maximum atomic E-state index is 12.4. The van der Waals surface area contributed by atoms with E-state index in [1.54, 1.807) is 50.6 Å². The molecule has 0 radical (unpaired) electrons. The van der Waals surface area contributed by atoms with Gasteiger partial charge in [-0.2, -0.15) is 0 Å². The number of hydrogen-bond acceptors (Lipinski definition) is 4. The predicted octanol–water partition coefficient (Wildman–Crippen LogP) is 5.50. The molecule has 0 amide bonds. The van der Waals surface area contributed by atoms with Crippen molar-refractivity contribution in [2.45, 2.75) is 0 Å². The summed E-state index contributed by atoms with van der Waals surface area (Å²) in [7, 11) is 3.18. The lowest BCUT2D eigenvalue weighted by Gasteiger charge is -2.04. The molecular weight excluding hydrogens is 376 g/mol. The number of allylic oxidation sites excluding steroid dienone is 2. The third-order valence-electron chi connectivity index (χ3n) is 4.56. The Labute approximate surface area is 176 Å². The van der Waals surface area contributed by atoms with Gasteiger partial charge in [-0.15, -0.1) is 0 Å². The van der Waals surface area contributed by atoms with E-state index in [2.05, 4.69) is 0 Å². The molecule has 0 aliphatic carbocycles. The number of carbonyl (C=O) groups is 2. The lowest BCUT2D eigenvalue weighted by Crippen LogP contribution is -1.98. The summed E-state index contributed by atoms with van der Waals surface area (Å²) in [5.41, 5.74) is 2.65. The van der Waals surface area contributed by atoms with Gasteiger partial charge in [-0.05, 0) is 36.4 Å². The van der Waals surface area contributed by atoms with Crippen LogP contribution in [0.3, 0.4) is 0 Å². The highest BCUT2D eigenvalue weighted by Gasteiger charge is 2.07. The molecule has 0 saturated carbocycles. The molecule has 4 heteroatoms. The van der Waals surface area contributed by atoms with E-state index < -0.39 is 0 Å². The summed E-state index contributed by atoms with van der Waals surface area (Å²) in [6, 6.07) is 21.5. The molecule has 0 spiro atoms. The second kappa shape index (κ2) is 10.0. The Morgan fingerprint density at radius 2 is 0.967 bits per heavy atom. The van der Waals surface area contributed by atoms with Gasteiger partial charge in [0.2, 0.25) is 0 Å². The fraction of sp³-hybridized carbons (Fsp3) is 0.0769. The van der Waals surface area contributed by atoms with E-state index in [-0.39, 0.29) is 11.6 Å². The van der Waals surface area contributed by atoms with Crippen molar-refractivity contribution >= 4 is 23.7 Å². The minimum atomic E-state index is -0.149. The van der Waals surface area contributed by atoms with Crippen molar-refractivity contribution in [3.8, 4) is 11.5 Å². The van der Waals surface area contributed by atoms with Crippen LogP contribution < -0.4 is 9.47 Å². The maximum absolute atomic E-state index is 12.4. The van der Waals surface area contributed by atoms with Crippen molar-refractivity contribution in [3.05, 3.63) is 107 Å². The van der Waals surface area contributed by atoms with Crippen molar-refractivity contribution in [1.82, 2.24) is 0 Å². The van der Waals surface area contributed by atoms with Gasteiger partial charge in [-0.3, -0.25) is 9.59 Å². The van der Waals surface area contributed by atoms with Crippen LogP contribution in [0.15, 0.2) is 84.9 Å². The van der Waals surface area contributed by atoms with Crippen LogP contribution >= 0.6 is 0 Å². The molecule has 0 aliphatic heterocycles. The van der Waals surface area contributed by atoms with Crippen LogP contribution in [-0.2, 0) is 0 Å². The van der Waals surface area contributed by atoms with Crippen molar-refractivity contribution in [2.75, 3.05) is 14.2 Å². The zero-order valence-electron chi connectivity index (χ0n) is 16.9. The number of methoxy groups -OCH3 is 2. The van der Waals surface area contributed by atoms with Gasteiger partial charge in [0.1, 0.15) is 11.5 Å². The molecule has 4 nitrogen and oxygen atoms in total. The summed E-state index contributed by atoms with van der Waals surface area (Å²) in [5.74, 6) is 1.10. The third kappa shape index (κ3) is 5.11. The molecule has 0 bridgehead atoms. The van der Waals surface area contributed by atoms with Crippen molar-refractivity contribution in [1.29, 1.82) is 0 Å². The average Bonchev–Trinajstić information content (AvgIpc) is 2.81. The first-order chi connectivity index (χ1) is 14.6. The Balaban J connectivity index is 1.69. The number of hydrogen-bond donors (Lipinski definition) is 0. The Bertz CT molecular complexity index is 1000. The molecule has 0 atom stereocenters. The number of para-hydroxylation sites is 2. The van der Waals surface area contributed by atoms with Crippen molar-refractivity contribution in [3.63, 3.8) is 0 Å². The van der Waals surface area contributed by atoms with Gasteiger partial charge in [-0.25, -0.2) is 0 Å². The molecular formula is C26H22O4. The van der Waals surface area contributed by atoms with E-state index in [9.17, 15) is 9.59 Å². The predicted molar refractivity (Wildman–Crippen MR) is 119 cm³/mol. The number of benzene rings is 3. The molecule has 0 saturated heterocycles. The van der Waals surface area contributed by atoms with E-state index in [1.165, 1.54) is 12.2 Å². The molecule has 0 unspecified atom stereocenters. The standard InChI is InChI=1S/C26H22O4/c1-29-25-9-5-3-7-21(25)15-17-23(27)19-11-13-20(14-12-19)24(28)18-16-22-8-4-6-10-26(22)30-2/h3-18H,1-2H3/b17-15+,18-16+. The summed E-state index contributed by atoms with van der Waals surface area (Å²) in [5, 5.41) is 0. The molecule has 0 aromatic heterocycles. The van der Waals surface area contributed by atoms with Gasteiger partial charge in [0, 0.05) is 22.3 Å². The first-order valence-corrected chi connectivity index (χ1v) is 9.43. The monoisotopic (exact) mass is 398 g/mol. The largest absolute Gasteiger partial charge is 0.496 e. The summed E-state index contributed by atoms with van der Waals surface area (Å²) in [6.45, 7) is 0. The molecule has 3 aromatic carbocycles. The minimum absolute atomic E-state index is 0.149. The van der Waals surface area contributed by atoms with Crippen LogP contribution in [0.4, 0.5) is 0 Å². The number of ketones is 2. The zero-order chi connectivity index (χ0) is 21.3. The lowest BCUT2D eigenvalue weighted by molar-refractivity contribution is 0.103. The second-order valence-electron chi connectivity index (χ2n) is 6.46. The molecule has 3 rings (SSSR count). The topological polar surface area (TPSA) is 52.6 Å². The summed E-state index contributed by atoms with van der Waals surface area (Å²) < 4.78 is 10.6. The average molecular weight is 398 g/mol. The Kier molecular flexibility index (Phi) is 6.95. The highest BCUT2D eigenvalue weighted by Crippen LogP contribution is 2.20. The fourth-order valence-electron chi connectivity index (χ4n) is 2.93. The highest BCUT2D eigenvalue weighted by molar-refractivity contribution is 6.09. The van der Waals surface area contributed by atoms with Crippen LogP contribution in [-0.4, -0.2) is 25.8 Å². The van der Waals surface area contributed by atoms with E-state index in [4.69, 9.17) is 9.47 Å². The fourth-order valence-corrected chi connectivity index (χ4v) is 2.93. The minimum Gasteiger partial charge on any atom is -0.496 e. The normalized spacial score (nSPS) is 11.0. The molecule has 150 valence electrons. The Morgan fingerprint density at radius 1 is 0.600 bits per heavy atom. The summed E-state index contributed by atoms with van der Waals surface area (Å²) in [4.78, 5) is 24.9. The SMILES string of the molecule is COc1ccccc1/C=C/C(=O)c1ccc(C(=O)/C=C/c2ccccc2OC)cc1. The highest BCUT2D eigenvalue weighted by atomic mass is 16.5. The van der Waals surface area contributed by atoms with Gasteiger partial charge in [-0.1, -0.05) is 60.7 Å². The lowest BCUT2D eigenvalue weighted by atomic mass is 10.0. The van der Waals surface area contributed by atoms with E-state index in [0.29, 0.717) is 22.6 Å². The second-order valence-corrected chi connectivity index (χ2v) is 6.46. The van der Waals surface area contributed by atoms with Crippen LogP contribution in [0.1, 0.15) is 31.8 Å². The summed E-state index contributed by atoms with van der Waals surface area (Å²) >= 11 is 0. The van der Waals surface area contributed by atoms with E-state index >= 15 is 0 Å². The smallest absolute Gasteiger partial charge is 0.185 e. The molecule has 0 fully saturated rings. The third-order valence-corrected chi connectivity index (χ3v) is 4.56.